The zero-order valence-electron chi connectivity index (χ0n) is 16.6. The number of anilines is 2. The second-order valence-corrected chi connectivity index (χ2v) is 8.43. The molecule has 0 amide bonds. The van der Waals surface area contributed by atoms with Gasteiger partial charge in [0, 0.05) is 34.0 Å². The largest absolute Gasteiger partial charge is 0.399 e. The van der Waals surface area contributed by atoms with Crippen LogP contribution in [0.2, 0.25) is 0 Å². The molecule has 3 aromatic rings. The van der Waals surface area contributed by atoms with Crippen LogP contribution in [0.4, 0.5) is 11.4 Å². The van der Waals surface area contributed by atoms with Crippen LogP contribution in [0.15, 0.2) is 77.7 Å². The topological polar surface area (TPSA) is 90.7 Å². The van der Waals surface area contributed by atoms with Crippen LogP contribution in [0.25, 0.3) is 0 Å². The van der Waals surface area contributed by atoms with Crippen LogP contribution in [0.5, 0.6) is 0 Å². The molecule has 0 bridgehead atoms. The van der Waals surface area contributed by atoms with Gasteiger partial charge < -0.3 is 26.0 Å². The third-order valence-corrected chi connectivity index (χ3v) is 6.36. The van der Waals surface area contributed by atoms with Gasteiger partial charge in [-0.25, -0.2) is 0 Å². The molecule has 0 saturated carbocycles. The Hall–Kier alpha value is -2.51. The van der Waals surface area contributed by atoms with Crippen molar-refractivity contribution in [1.29, 1.82) is 0 Å². The van der Waals surface area contributed by atoms with Gasteiger partial charge in [-0.3, -0.25) is 0 Å². The molecule has 156 valence electrons. The minimum absolute atomic E-state index is 0.0164. The predicted molar refractivity (Wildman–Crippen MR) is 121 cm³/mol. The summed E-state index contributed by atoms with van der Waals surface area (Å²) in [5.41, 5.74) is 16.4. The number of hydrogen-bond donors (Lipinski definition) is 3. The smallest absolute Gasteiger partial charge is 0.184 e. The second kappa shape index (κ2) is 9.53. The van der Waals surface area contributed by atoms with Gasteiger partial charge in [0.05, 0.1) is 18.8 Å². The minimum atomic E-state index is -0.497. The summed E-state index contributed by atoms with van der Waals surface area (Å²) in [5.74, 6) is 0.765. The summed E-state index contributed by atoms with van der Waals surface area (Å²) in [6.07, 6.45) is 0.106. The Bertz CT molecular complexity index is 980. The lowest BCUT2D eigenvalue weighted by Crippen LogP contribution is -2.31. The van der Waals surface area contributed by atoms with E-state index in [1.807, 2.05) is 72.8 Å². The first-order chi connectivity index (χ1) is 14.6. The van der Waals surface area contributed by atoms with Crippen molar-refractivity contribution in [2.24, 2.45) is 0 Å². The van der Waals surface area contributed by atoms with Gasteiger partial charge in [-0.15, -0.1) is 11.8 Å². The van der Waals surface area contributed by atoms with Crippen LogP contribution in [0, 0.1) is 0 Å². The summed E-state index contributed by atoms with van der Waals surface area (Å²) in [7, 11) is 0. The van der Waals surface area contributed by atoms with Crippen LogP contribution >= 0.6 is 11.8 Å². The van der Waals surface area contributed by atoms with Crippen molar-refractivity contribution in [2.45, 2.75) is 36.4 Å². The maximum absolute atomic E-state index is 9.32. The lowest BCUT2D eigenvalue weighted by molar-refractivity contribution is -0.245. The number of aliphatic hydroxyl groups is 1. The van der Waals surface area contributed by atoms with Gasteiger partial charge in [0.2, 0.25) is 0 Å². The van der Waals surface area contributed by atoms with Gasteiger partial charge in [-0.2, -0.15) is 0 Å². The minimum Gasteiger partial charge on any atom is -0.399 e. The molecule has 1 aliphatic heterocycles. The summed E-state index contributed by atoms with van der Waals surface area (Å²) in [4.78, 5) is 1.05. The van der Waals surface area contributed by atoms with Crippen molar-refractivity contribution >= 4 is 23.1 Å². The Morgan fingerprint density at radius 1 is 0.900 bits per heavy atom. The molecule has 0 aliphatic carbocycles. The van der Waals surface area contributed by atoms with E-state index in [9.17, 15) is 5.11 Å². The molecule has 30 heavy (non-hydrogen) atoms. The Morgan fingerprint density at radius 2 is 1.70 bits per heavy atom. The SMILES string of the molecule is Nc1cccc(C2O[C@H](CSc3ccccc3N)C[C@H](c3ccc(CO)cc3)O2)c1. The third kappa shape index (κ3) is 4.96. The monoisotopic (exact) mass is 422 g/mol. The molecule has 1 saturated heterocycles. The number of rotatable bonds is 6. The van der Waals surface area contributed by atoms with E-state index in [1.54, 1.807) is 11.8 Å². The van der Waals surface area contributed by atoms with Gasteiger partial charge >= 0.3 is 0 Å². The molecule has 1 aliphatic rings. The molecule has 6 heteroatoms. The summed E-state index contributed by atoms with van der Waals surface area (Å²) in [6.45, 7) is 0.0264. The van der Waals surface area contributed by atoms with E-state index in [-0.39, 0.29) is 18.8 Å². The summed E-state index contributed by atoms with van der Waals surface area (Å²) in [5, 5.41) is 9.32. The third-order valence-electron chi connectivity index (χ3n) is 5.14. The average Bonchev–Trinajstić information content (AvgIpc) is 2.78. The normalized spacial score (nSPS) is 21.4. The Labute approximate surface area is 181 Å². The quantitative estimate of drug-likeness (QED) is 0.395. The van der Waals surface area contributed by atoms with Crippen molar-refractivity contribution in [3.05, 3.63) is 89.5 Å². The van der Waals surface area contributed by atoms with E-state index in [0.29, 0.717) is 5.69 Å². The van der Waals surface area contributed by atoms with Crippen molar-refractivity contribution in [2.75, 3.05) is 17.2 Å². The van der Waals surface area contributed by atoms with E-state index in [0.717, 1.165) is 39.4 Å². The molecular weight excluding hydrogens is 396 g/mol. The van der Waals surface area contributed by atoms with Crippen molar-refractivity contribution < 1.29 is 14.6 Å². The summed E-state index contributed by atoms with van der Waals surface area (Å²) in [6, 6.07) is 23.4. The van der Waals surface area contributed by atoms with E-state index in [1.165, 1.54) is 0 Å². The molecular formula is C24H26N2O3S. The lowest BCUT2D eigenvalue weighted by Gasteiger charge is -2.36. The molecule has 4 rings (SSSR count). The number of nitrogen functional groups attached to an aromatic ring is 2. The molecule has 1 unspecified atom stereocenters. The molecule has 3 atom stereocenters. The molecule has 0 aromatic heterocycles. The van der Waals surface area contributed by atoms with Gasteiger partial charge in [0.15, 0.2) is 6.29 Å². The molecule has 5 nitrogen and oxygen atoms in total. The molecule has 1 fully saturated rings. The van der Waals surface area contributed by atoms with Gasteiger partial charge in [0.1, 0.15) is 0 Å². The van der Waals surface area contributed by atoms with Crippen molar-refractivity contribution in [3.63, 3.8) is 0 Å². The number of hydrogen-bond acceptors (Lipinski definition) is 6. The maximum atomic E-state index is 9.32. The Balaban J connectivity index is 1.54. The first kappa shape index (κ1) is 20.8. The van der Waals surface area contributed by atoms with E-state index in [2.05, 4.69) is 0 Å². The van der Waals surface area contributed by atoms with Gasteiger partial charge in [0.25, 0.3) is 0 Å². The molecule has 0 spiro atoms. The standard InChI is InChI=1S/C24H26N2O3S/c25-19-5-3-4-18(12-19)24-28-20(15-30-23-7-2-1-6-21(23)26)13-22(29-24)17-10-8-16(14-27)9-11-17/h1-12,20,22,24,27H,13-15,25-26H2/t20-,22+,24?/m0/s1. The Kier molecular flexibility index (Phi) is 6.59. The highest BCUT2D eigenvalue weighted by Gasteiger charge is 2.32. The van der Waals surface area contributed by atoms with Gasteiger partial charge in [-0.1, -0.05) is 48.5 Å². The number of thioether (sulfide) groups is 1. The van der Waals surface area contributed by atoms with Crippen LogP contribution in [0.1, 0.15) is 35.5 Å². The summed E-state index contributed by atoms with van der Waals surface area (Å²) < 4.78 is 12.6. The first-order valence-electron chi connectivity index (χ1n) is 9.95. The lowest BCUT2D eigenvalue weighted by atomic mass is 10.0. The number of benzene rings is 3. The van der Waals surface area contributed by atoms with Crippen LogP contribution in [-0.4, -0.2) is 17.0 Å². The average molecular weight is 423 g/mol. The predicted octanol–water partition coefficient (Wildman–Crippen LogP) is 4.68. The first-order valence-corrected chi connectivity index (χ1v) is 10.9. The molecule has 0 radical (unpaired) electrons. The van der Waals surface area contributed by atoms with Crippen molar-refractivity contribution in [1.82, 2.24) is 0 Å². The number of aliphatic hydroxyl groups excluding tert-OH is 1. The molecule has 1 heterocycles. The number of nitrogens with two attached hydrogens (primary N) is 2. The van der Waals surface area contributed by atoms with Crippen LogP contribution in [0.3, 0.4) is 0 Å². The van der Waals surface area contributed by atoms with Crippen LogP contribution < -0.4 is 11.5 Å². The zero-order chi connectivity index (χ0) is 20.9. The number of para-hydroxylation sites is 1. The fourth-order valence-corrected chi connectivity index (χ4v) is 4.51. The fraction of sp³-hybridized carbons (Fsp3) is 0.250. The number of ether oxygens (including phenoxy) is 2. The summed E-state index contributed by atoms with van der Waals surface area (Å²) >= 11 is 1.69. The fourth-order valence-electron chi connectivity index (χ4n) is 3.52. The van der Waals surface area contributed by atoms with E-state index >= 15 is 0 Å². The highest BCUT2D eigenvalue weighted by atomic mass is 32.2. The van der Waals surface area contributed by atoms with E-state index in [4.69, 9.17) is 20.9 Å². The maximum Gasteiger partial charge on any atom is 0.184 e. The molecule has 3 aromatic carbocycles. The zero-order valence-corrected chi connectivity index (χ0v) is 17.4. The Morgan fingerprint density at radius 3 is 2.43 bits per heavy atom. The highest BCUT2D eigenvalue weighted by molar-refractivity contribution is 7.99. The molecule has 5 N–H and O–H groups in total. The highest BCUT2D eigenvalue weighted by Crippen LogP contribution is 2.40. The van der Waals surface area contributed by atoms with E-state index < -0.39 is 6.29 Å². The van der Waals surface area contributed by atoms with Gasteiger partial charge in [-0.05, 0) is 35.4 Å². The second-order valence-electron chi connectivity index (χ2n) is 7.37. The van der Waals surface area contributed by atoms with Crippen LogP contribution in [-0.2, 0) is 16.1 Å². The van der Waals surface area contributed by atoms with Crippen molar-refractivity contribution in [3.8, 4) is 0 Å².